The maximum atomic E-state index is 8.32. The SMILES string of the molecule is CC=C1CC(C#N)C1. The van der Waals surface area contributed by atoms with Crippen LogP contribution in [0.1, 0.15) is 19.8 Å². The zero-order valence-electron chi connectivity index (χ0n) is 5.02. The molecule has 1 saturated carbocycles. The topological polar surface area (TPSA) is 23.8 Å². The normalized spacial score (nSPS) is 26.0. The van der Waals surface area contributed by atoms with Gasteiger partial charge in [-0.15, -0.1) is 0 Å². The van der Waals surface area contributed by atoms with Crippen LogP contribution in [0, 0.1) is 17.2 Å². The zero-order valence-corrected chi connectivity index (χ0v) is 5.02. The first kappa shape index (κ1) is 5.37. The van der Waals surface area contributed by atoms with E-state index >= 15 is 0 Å². The fraction of sp³-hybridized carbons (Fsp3) is 0.571. The Morgan fingerprint density at radius 1 is 1.75 bits per heavy atom. The quantitative estimate of drug-likeness (QED) is 0.433. The molecule has 1 rings (SSSR count). The van der Waals surface area contributed by atoms with Crippen LogP contribution in [0.2, 0.25) is 0 Å². The van der Waals surface area contributed by atoms with E-state index < -0.39 is 0 Å². The van der Waals surface area contributed by atoms with Gasteiger partial charge in [-0.25, -0.2) is 0 Å². The van der Waals surface area contributed by atoms with E-state index in [1.165, 1.54) is 5.57 Å². The van der Waals surface area contributed by atoms with Crippen molar-refractivity contribution < 1.29 is 0 Å². The molecule has 1 aliphatic carbocycles. The van der Waals surface area contributed by atoms with Crippen LogP contribution in [0.4, 0.5) is 0 Å². The molecule has 0 aromatic rings. The van der Waals surface area contributed by atoms with E-state index in [9.17, 15) is 0 Å². The third-order valence-corrected chi connectivity index (χ3v) is 1.61. The molecule has 1 heteroatoms. The maximum absolute atomic E-state index is 8.32. The highest BCUT2D eigenvalue weighted by molar-refractivity contribution is 5.16. The third kappa shape index (κ3) is 0.742. The monoisotopic (exact) mass is 107 g/mol. The van der Waals surface area contributed by atoms with E-state index in [-0.39, 0.29) is 0 Å². The Morgan fingerprint density at radius 3 is 2.75 bits per heavy atom. The Bertz CT molecular complexity index is 142. The van der Waals surface area contributed by atoms with Gasteiger partial charge < -0.3 is 0 Å². The van der Waals surface area contributed by atoms with Gasteiger partial charge >= 0.3 is 0 Å². The van der Waals surface area contributed by atoms with Gasteiger partial charge in [0.15, 0.2) is 0 Å². The largest absolute Gasteiger partial charge is 0.198 e. The minimum absolute atomic E-state index is 0.334. The molecule has 0 spiro atoms. The summed E-state index contributed by atoms with van der Waals surface area (Å²) in [6.45, 7) is 2.03. The maximum Gasteiger partial charge on any atom is 0.0662 e. The van der Waals surface area contributed by atoms with Crippen molar-refractivity contribution in [1.82, 2.24) is 0 Å². The first-order chi connectivity index (χ1) is 3.86. The predicted octanol–water partition coefficient (Wildman–Crippen LogP) is 1.87. The molecule has 1 fully saturated rings. The fourth-order valence-corrected chi connectivity index (χ4v) is 0.900. The second-order valence-corrected chi connectivity index (χ2v) is 2.18. The Balaban J connectivity index is 2.35. The van der Waals surface area contributed by atoms with Gasteiger partial charge in [0, 0.05) is 0 Å². The number of allylic oxidation sites excluding steroid dienone is 2. The van der Waals surface area contributed by atoms with Crippen molar-refractivity contribution in [2.24, 2.45) is 5.92 Å². The number of rotatable bonds is 0. The summed E-state index contributed by atoms with van der Waals surface area (Å²) in [7, 11) is 0. The van der Waals surface area contributed by atoms with Gasteiger partial charge in [-0.05, 0) is 19.8 Å². The minimum atomic E-state index is 0.334. The summed E-state index contributed by atoms with van der Waals surface area (Å²) < 4.78 is 0. The highest BCUT2D eigenvalue weighted by atomic mass is 14.3. The van der Waals surface area contributed by atoms with Crippen LogP contribution in [0.3, 0.4) is 0 Å². The molecule has 0 atom stereocenters. The summed E-state index contributed by atoms with van der Waals surface area (Å²) in [4.78, 5) is 0. The van der Waals surface area contributed by atoms with Gasteiger partial charge in [-0.1, -0.05) is 11.6 Å². The first-order valence-corrected chi connectivity index (χ1v) is 2.90. The van der Waals surface area contributed by atoms with Crippen molar-refractivity contribution in [3.05, 3.63) is 11.6 Å². The van der Waals surface area contributed by atoms with E-state index in [0.29, 0.717) is 5.92 Å². The second kappa shape index (κ2) is 2.00. The molecule has 8 heavy (non-hydrogen) atoms. The average molecular weight is 107 g/mol. The van der Waals surface area contributed by atoms with Gasteiger partial charge in [0.1, 0.15) is 0 Å². The van der Waals surface area contributed by atoms with Gasteiger partial charge in [0.2, 0.25) is 0 Å². The summed E-state index contributed by atoms with van der Waals surface area (Å²) in [6, 6.07) is 2.22. The highest BCUT2D eigenvalue weighted by Crippen LogP contribution is 2.31. The molecule has 0 bridgehead atoms. The lowest BCUT2D eigenvalue weighted by Crippen LogP contribution is -2.11. The zero-order chi connectivity index (χ0) is 5.98. The molecular formula is C7H9N. The number of hydrogen-bond acceptors (Lipinski definition) is 1. The molecule has 0 aromatic heterocycles. The average Bonchev–Trinajstić information content (AvgIpc) is 1.65. The van der Waals surface area contributed by atoms with Gasteiger partial charge in [0.25, 0.3) is 0 Å². The Hall–Kier alpha value is -0.770. The van der Waals surface area contributed by atoms with Crippen LogP contribution in [0.15, 0.2) is 11.6 Å². The lowest BCUT2D eigenvalue weighted by Gasteiger charge is -2.21. The predicted molar refractivity (Wildman–Crippen MR) is 32.1 cm³/mol. The van der Waals surface area contributed by atoms with Crippen molar-refractivity contribution in [3.8, 4) is 6.07 Å². The number of nitriles is 1. The molecule has 0 amide bonds. The van der Waals surface area contributed by atoms with Crippen LogP contribution < -0.4 is 0 Å². The van der Waals surface area contributed by atoms with Crippen LogP contribution >= 0.6 is 0 Å². The van der Waals surface area contributed by atoms with Crippen LogP contribution in [0.25, 0.3) is 0 Å². The Labute approximate surface area is 49.6 Å². The summed E-state index contributed by atoms with van der Waals surface area (Å²) >= 11 is 0. The van der Waals surface area contributed by atoms with Gasteiger partial charge in [-0.2, -0.15) is 5.26 Å². The highest BCUT2D eigenvalue weighted by Gasteiger charge is 2.20. The molecule has 42 valence electrons. The van der Waals surface area contributed by atoms with Crippen molar-refractivity contribution in [1.29, 1.82) is 5.26 Å². The first-order valence-electron chi connectivity index (χ1n) is 2.90. The standard InChI is InChI=1S/C7H9N/c1-2-6-3-7(4-6)5-8/h2,7H,3-4H2,1H3. The van der Waals surface area contributed by atoms with Crippen molar-refractivity contribution in [2.45, 2.75) is 19.8 Å². The van der Waals surface area contributed by atoms with E-state index in [1.54, 1.807) is 0 Å². The molecule has 0 saturated heterocycles. The van der Waals surface area contributed by atoms with Crippen LogP contribution in [0.5, 0.6) is 0 Å². The molecule has 0 unspecified atom stereocenters. The Morgan fingerprint density at radius 2 is 2.38 bits per heavy atom. The van der Waals surface area contributed by atoms with E-state index in [0.717, 1.165) is 12.8 Å². The van der Waals surface area contributed by atoms with Gasteiger partial charge in [0.05, 0.1) is 12.0 Å². The fourth-order valence-electron chi connectivity index (χ4n) is 0.900. The Kier molecular flexibility index (Phi) is 1.34. The number of nitrogens with zero attached hydrogens (tertiary/aromatic N) is 1. The molecule has 0 aromatic carbocycles. The summed E-state index contributed by atoms with van der Waals surface area (Å²) in [5, 5.41) is 8.32. The van der Waals surface area contributed by atoms with Crippen molar-refractivity contribution in [3.63, 3.8) is 0 Å². The van der Waals surface area contributed by atoms with E-state index in [4.69, 9.17) is 5.26 Å². The third-order valence-electron chi connectivity index (χ3n) is 1.61. The van der Waals surface area contributed by atoms with Crippen molar-refractivity contribution >= 4 is 0 Å². The summed E-state index contributed by atoms with van der Waals surface area (Å²) in [5.41, 5.74) is 1.44. The molecule has 0 heterocycles. The summed E-state index contributed by atoms with van der Waals surface area (Å²) in [5.74, 6) is 0.334. The summed E-state index contributed by atoms with van der Waals surface area (Å²) in [6.07, 6.45) is 4.15. The molecule has 1 nitrogen and oxygen atoms in total. The molecular weight excluding hydrogens is 98.1 g/mol. The van der Waals surface area contributed by atoms with Crippen molar-refractivity contribution in [2.75, 3.05) is 0 Å². The smallest absolute Gasteiger partial charge is 0.0662 e. The number of hydrogen-bond donors (Lipinski definition) is 0. The molecule has 0 aliphatic heterocycles. The molecule has 0 N–H and O–H groups in total. The molecule has 0 radical (unpaired) electrons. The lowest BCUT2D eigenvalue weighted by atomic mass is 9.81. The second-order valence-electron chi connectivity index (χ2n) is 2.18. The van der Waals surface area contributed by atoms with Crippen LogP contribution in [-0.2, 0) is 0 Å². The van der Waals surface area contributed by atoms with Crippen LogP contribution in [-0.4, -0.2) is 0 Å². The van der Waals surface area contributed by atoms with E-state index in [2.05, 4.69) is 12.1 Å². The van der Waals surface area contributed by atoms with Gasteiger partial charge in [-0.3, -0.25) is 0 Å². The minimum Gasteiger partial charge on any atom is -0.198 e. The lowest BCUT2D eigenvalue weighted by molar-refractivity contribution is 0.525. The van der Waals surface area contributed by atoms with E-state index in [1.807, 2.05) is 6.92 Å². The molecule has 1 aliphatic rings.